The summed E-state index contributed by atoms with van der Waals surface area (Å²) >= 11 is 19.7. The molecule has 0 amide bonds. The molecular weight excluding hydrogens is 449 g/mol. The fourth-order valence-corrected chi connectivity index (χ4v) is 4.31. The van der Waals surface area contributed by atoms with Crippen LogP contribution < -0.4 is 0 Å². The van der Waals surface area contributed by atoms with Crippen LogP contribution in [0.3, 0.4) is 0 Å². The Hall–Kier alpha value is -2.38. The van der Waals surface area contributed by atoms with Crippen molar-refractivity contribution in [2.24, 2.45) is 0 Å². The lowest BCUT2D eigenvalue weighted by molar-refractivity contribution is 0.650. The van der Waals surface area contributed by atoms with Gasteiger partial charge in [0.2, 0.25) is 0 Å². The summed E-state index contributed by atoms with van der Waals surface area (Å²) in [5, 5.41) is 12.4. The van der Waals surface area contributed by atoms with Gasteiger partial charge < -0.3 is 0 Å². The molecule has 29 heavy (non-hydrogen) atoms. The Morgan fingerprint density at radius 1 is 0.966 bits per heavy atom. The van der Waals surface area contributed by atoms with Crippen LogP contribution in [0.5, 0.6) is 0 Å². The molecule has 0 aliphatic rings. The zero-order valence-electron chi connectivity index (χ0n) is 14.8. The lowest BCUT2D eigenvalue weighted by Crippen LogP contribution is -2.00. The standard InChI is InChI=1S/C20H12Cl3N5S/c21-14-4-2-13(3-5-14)18-19(28-7-8-29-20(28)24-18)17-11-27(26-25-17)10-12-1-6-15(22)16(23)9-12/h1-9,11H,10H2. The van der Waals surface area contributed by atoms with Crippen LogP contribution in [-0.2, 0) is 6.54 Å². The molecule has 0 unspecified atom stereocenters. The van der Waals surface area contributed by atoms with Gasteiger partial charge in [0, 0.05) is 22.2 Å². The molecule has 0 saturated heterocycles. The third-order valence-electron chi connectivity index (χ3n) is 4.49. The van der Waals surface area contributed by atoms with E-state index in [2.05, 4.69) is 10.3 Å². The van der Waals surface area contributed by atoms with Crippen molar-refractivity contribution in [1.82, 2.24) is 24.4 Å². The molecule has 5 aromatic rings. The zero-order chi connectivity index (χ0) is 20.0. The van der Waals surface area contributed by atoms with Gasteiger partial charge in [0.05, 0.1) is 28.5 Å². The molecule has 0 N–H and O–H groups in total. The van der Waals surface area contributed by atoms with Crippen LogP contribution >= 0.6 is 46.1 Å². The number of thiazole rings is 1. The van der Waals surface area contributed by atoms with E-state index >= 15 is 0 Å². The minimum atomic E-state index is 0.519. The predicted octanol–water partition coefficient (Wildman–Crippen LogP) is 6.33. The zero-order valence-corrected chi connectivity index (χ0v) is 17.8. The summed E-state index contributed by atoms with van der Waals surface area (Å²) in [4.78, 5) is 5.69. The van der Waals surface area contributed by atoms with Gasteiger partial charge in [0.25, 0.3) is 0 Å². The molecule has 0 radical (unpaired) electrons. The van der Waals surface area contributed by atoms with E-state index in [1.807, 2.05) is 58.6 Å². The monoisotopic (exact) mass is 459 g/mol. The van der Waals surface area contributed by atoms with Crippen LogP contribution in [0.1, 0.15) is 5.56 Å². The summed E-state index contributed by atoms with van der Waals surface area (Å²) in [6.07, 6.45) is 3.89. The number of halogens is 3. The second-order valence-electron chi connectivity index (χ2n) is 6.42. The number of imidazole rings is 1. The molecule has 9 heteroatoms. The molecule has 144 valence electrons. The van der Waals surface area contributed by atoms with Crippen molar-refractivity contribution in [3.63, 3.8) is 0 Å². The minimum absolute atomic E-state index is 0.519. The van der Waals surface area contributed by atoms with E-state index < -0.39 is 0 Å². The lowest BCUT2D eigenvalue weighted by Gasteiger charge is -2.03. The third-order valence-corrected chi connectivity index (χ3v) is 6.24. The third kappa shape index (κ3) is 3.53. The average Bonchev–Trinajstić information content (AvgIpc) is 3.41. The van der Waals surface area contributed by atoms with Crippen molar-refractivity contribution in [2.75, 3.05) is 0 Å². The van der Waals surface area contributed by atoms with E-state index in [0.29, 0.717) is 21.6 Å². The first-order valence-corrected chi connectivity index (χ1v) is 10.7. The van der Waals surface area contributed by atoms with Gasteiger partial charge in [-0.05, 0) is 29.8 Å². The highest BCUT2D eigenvalue weighted by molar-refractivity contribution is 7.15. The first-order valence-electron chi connectivity index (χ1n) is 8.64. The highest BCUT2D eigenvalue weighted by atomic mass is 35.5. The Balaban J connectivity index is 1.56. The Labute approximate surface area is 185 Å². The molecule has 0 fully saturated rings. The summed E-state index contributed by atoms with van der Waals surface area (Å²) in [7, 11) is 0. The molecule has 3 heterocycles. The molecule has 5 rings (SSSR count). The van der Waals surface area contributed by atoms with Gasteiger partial charge in [-0.3, -0.25) is 4.40 Å². The molecule has 0 spiro atoms. The number of nitrogens with zero attached hydrogens (tertiary/aromatic N) is 5. The van der Waals surface area contributed by atoms with Gasteiger partial charge in [-0.25, -0.2) is 9.67 Å². The SMILES string of the molecule is Clc1ccc(-c2nc3sccn3c2-c2cn(Cc3ccc(Cl)c(Cl)c3)nn2)cc1. The number of hydrogen-bond donors (Lipinski definition) is 0. The van der Waals surface area contributed by atoms with E-state index in [1.165, 1.54) is 0 Å². The first-order chi connectivity index (χ1) is 14.1. The van der Waals surface area contributed by atoms with Gasteiger partial charge in [-0.1, -0.05) is 58.2 Å². The van der Waals surface area contributed by atoms with Crippen molar-refractivity contribution in [3.8, 4) is 22.6 Å². The van der Waals surface area contributed by atoms with E-state index in [-0.39, 0.29) is 0 Å². The fourth-order valence-electron chi connectivity index (χ4n) is 3.15. The number of benzene rings is 2. The number of aromatic nitrogens is 5. The van der Waals surface area contributed by atoms with E-state index in [9.17, 15) is 0 Å². The van der Waals surface area contributed by atoms with Crippen LogP contribution in [0.4, 0.5) is 0 Å². The molecule has 3 aromatic heterocycles. The van der Waals surface area contributed by atoms with E-state index in [0.717, 1.165) is 33.2 Å². The molecule has 0 aliphatic carbocycles. The molecular formula is C20H12Cl3N5S. The average molecular weight is 461 g/mol. The van der Waals surface area contributed by atoms with Crippen molar-refractivity contribution < 1.29 is 0 Å². The topological polar surface area (TPSA) is 48.0 Å². The van der Waals surface area contributed by atoms with Crippen molar-refractivity contribution >= 4 is 51.1 Å². The maximum absolute atomic E-state index is 6.12. The predicted molar refractivity (Wildman–Crippen MR) is 118 cm³/mol. The van der Waals surface area contributed by atoms with Crippen LogP contribution in [0.2, 0.25) is 15.1 Å². The van der Waals surface area contributed by atoms with Gasteiger partial charge in [-0.15, -0.1) is 16.4 Å². The Kier molecular flexibility index (Phi) is 4.80. The first kappa shape index (κ1) is 18.6. The Morgan fingerprint density at radius 3 is 2.59 bits per heavy atom. The highest BCUT2D eigenvalue weighted by Gasteiger charge is 2.19. The van der Waals surface area contributed by atoms with Crippen LogP contribution in [-0.4, -0.2) is 24.4 Å². The highest BCUT2D eigenvalue weighted by Crippen LogP contribution is 2.33. The smallest absolute Gasteiger partial charge is 0.194 e. The van der Waals surface area contributed by atoms with E-state index in [1.54, 1.807) is 22.1 Å². The lowest BCUT2D eigenvalue weighted by atomic mass is 10.1. The second kappa shape index (κ2) is 7.46. The quantitative estimate of drug-likeness (QED) is 0.315. The fraction of sp³-hybridized carbons (Fsp3) is 0.0500. The Bertz CT molecular complexity index is 1320. The summed E-state index contributed by atoms with van der Waals surface area (Å²) in [5.41, 5.74) is 4.43. The minimum Gasteiger partial charge on any atom is -0.288 e. The van der Waals surface area contributed by atoms with Crippen molar-refractivity contribution in [1.29, 1.82) is 0 Å². The molecule has 0 atom stereocenters. The number of fused-ring (bicyclic) bond motifs is 1. The van der Waals surface area contributed by atoms with Crippen LogP contribution in [0.25, 0.3) is 27.6 Å². The number of rotatable bonds is 4. The second-order valence-corrected chi connectivity index (χ2v) is 8.55. The normalized spacial score (nSPS) is 11.4. The van der Waals surface area contributed by atoms with E-state index in [4.69, 9.17) is 39.8 Å². The van der Waals surface area contributed by atoms with Gasteiger partial charge >= 0.3 is 0 Å². The largest absolute Gasteiger partial charge is 0.288 e. The number of hydrogen-bond acceptors (Lipinski definition) is 4. The maximum Gasteiger partial charge on any atom is 0.194 e. The molecule has 5 nitrogen and oxygen atoms in total. The van der Waals surface area contributed by atoms with Gasteiger partial charge in [-0.2, -0.15) is 0 Å². The van der Waals surface area contributed by atoms with Crippen LogP contribution in [0.15, 0.2) is 60.2 Å². The van der Waals surface area contributed by atoms with Gasteiger partial charge in [0.15, 0.2) is 4.96 Å². The Morgan fingerprint density at radius 2 is 1.79 bits per heavy atom. The molecule has 0 bridgehead atoms. The summed E-state index contributed by atoms with van der Waals surface area (Å²) in [6.45, 7) is 0.533. The van der Waals surface area contributed by atoms with Crippen molar-refractivity contribution in [2.45, 2.75) is 6.54 Å². The summed E-state index contributed by atoms with van der Waals surface area (Å²) < 4.78 is 3.80. The molecule has 0 saturated carbocycles. The molecule has 0 aliphatic heterocycles. The summed E-state index contributed by atoms with van der Waals surface area (Å²) in [5.74, 6) is 0. The van der Waals surface area contributed by atoms with Gasteiger partial charge in [0.1, 0.15) is 11.4 Å². The van der Waals surface area contributed by atoms with Crippen LogP contribution in [0, 0.1) is 0 Å². The maximum atomic E-state index is 6.12. The summed E-state index contributed by atoms with van der Waals surface area (Å²) in [6, 6.07) is 13.2. The molecule has 2 aromatic carbocycles. The van der Waals surface area contributed by atoms with Crippen molar-refractivity contribution in [3.05, 3.63) is 80.9 Å².